The molecule has 0 atom stereocenters. The number of hydrogen-bond acceptors (Lipinski definition) is 3. The molecule has 1 aromatic heterocycles. The third kappa shape index (κ3) is 2.59. The highest BCUT2D eigenvalue weighted by Crippen LogP contribution is 2.41. The fraction of sp³-hybridized carbons (Fsp3) is 0.714. The van der Waals surface area contributed by atoms with Crippen molar-refractivity contribution in [2.24, 2.45) is 0 Å². The van der Waals surface area contributed by atoms with Crippen LogP contribution in [0.2, 0.25) is 0 Å². The van der Waals surface area contributed by atoms with Gasteiger partial charge in [-0.2, -0.15) is 0 Å². The van der Waals surface area contributed by atoms with E-state index in [0.717, 1.165) is 5.92 Å². The SMILES string of the molecule is CC.Cc1c(C2CC2)ncnc1N1CCCC1. The largest absolute Gasteiger partial charge is 0.356 e. The maximum absolute atomic E-state index is 4.45. The molecule has 3 rings (SSSR count). The molecule has 0 bridgehead atoms. The van der Waals surface area contributed by atoms with Gasteiger partial charge in [0.15, 0.2) is 0 Å². The lowest BCUT2D eigenvalue weighted by Crippen LogP contribution is -2.21. The minimum atomic E-state index is 0.731. The standard InChI is InChI=1S/C12H17N3.C2H6/c1-9-11(10-4-5-10)13-8-14-12(9)15-6-2-3-7-15;1-2/h8,10H,2-7H2,1H3;1-2H3. The molecule has 0 unspecified atom stereocenters. The normalized spacial score (nSPS) is 18.9. The summed E-state index contributed by atoms with van der Waals surface area (Å²) < 4.78 is 0. The van der Waals surface area contributed by atoms with Crippen LogP contribution in [0.15, 0.2) is 6.33 Å². The van der Waals surface area contributed by atoms with E-state index in [-0.39, 0.29) is 0 Å². The molecule has 3 nitrogen and oxygen atoms in total. The van der Waals surface area contributed by atoms with Crippen molar-refractivity contribution in [2.75, 3.05) is 18.0 Å². The Labute approximate surface area is 104 Å². The molecule has 2 fully saturated rings. The van der Waals surface area contributed by atoms with E-state index in [4.69, 9.17) is 0 Å². The third-order valence-corrected chi connectivity index (χ3v) is 3.47. The van der Waals surface area contributed by atoms with Crippen molar-refractivity contribution in [3.05, 3.63) is 17.6 Å². The van der Waals surface area contributed by atoms with Crippen LogP contribution < -0.4 is 4.90 Å². The van der Waals surface area contributed by atoms with Crippen LogP contribution in [0, 0.1) is 6.92 Å². The molecule has 1 aliphatic carbocycles. The van der Waals surface area contributed by atoms with Gasteiger partial charge in [0.2, 0.25) is 0 Å². The van der Waals surface area contributed by atoms with E-state index in [1.807, 2.05) is 13.8 Å². The number of anilines is 1. The first kappa shape index (κ1) is 12.3. The van der Waals surface area contributed by atoms with Gasteiger partial charge in [-0.25, -0.2) is 9.97 Å². The first-order valence-electron chi connectivity index (χ1n) is 6.92. The molecule has 2 heterocycles. The Kier molecular flexibility index (Phi) is 3.97. The summed E-state index contributed by atoms with van der Waals surface area (Å²) in [6, 6.07) is 0. The molecule has 0 N–H and O–H groups in total. The van der Waals surface area contributed by atoms with Crippen molar-refractivity contribution in [1.82, 2.24) is 9.97 Å². The Morgan fingerprint density at radius 1 is 1.12 bits per heavy atom. The van der Waals surface area contributed by atoms with Crippen molar-refractivity contribution < 1.29 is 0 Å². The molecule has 0 amide bonds. The van der Waals surface area contributed by atoms with Gasteiger partial charge in [0.05, 0.1) is 5.69 Å². The molecule has 2 aliphatic rings. The molecule has 94 valence electrons. The number of rotatable bonds is 2. The van der Waals surface area contributed by atoms with Crippen LogP contribution >= 0.6 is 0 Å². The second kappa shape index (κ2) is 5.48. The van der Waals surface area contributed by atoms with Crippen molar-refractivity contribution in [3.8, 4) is 0 Å². The summed E-state index contributed by atoms with van der Waals surface area (Å²) in [5.41, 5.74) is 2.62. The van der Waals surface area contributed by atoms with Crippen LogP contribution in [-0.4, -0.2) is 23.1 Å². The monoisotopic (exact) mass is 233 g/mol. The molecule has 0 aromatic carbocycles. The van der Waals surface area contributed by atoms with E-state index in [1.165, 1.54) is 55.8 Å². The zero-order chi connectivity index (χ0) is 12.3. The van der Waals surface area contributed by atoms with Crippen LogP contribution in [-0.2, 0) is 0 Å². The molecule has 1 saturated heterocycles. The van der Waals surface area contributed by atoms with Gasteiger partial charge in [0, 0.05) is 24.6 Å². The van der Waals surface area contributed by atoms with E-state index in [1.54, 1.807) is 6.33 Å². The van der Waals surface area contributed by atoms with Crippen LogP contribution in [0.3, 0.4) is 0 Å². The highest BCUT2D eigenvalue weighted by Gasteiger charge is 2.28. The first-order valence-corrected chi connectivity index (χ1v) is 6.92. The Hall–Kier alpha value is -1.12. The Morgan fingerprint density at radius 3 is 2.35 bits per heavy atom. The van der Waals surface area contributed by atoms with Gasteiger partial charge < -0.3 is 4.90 Å². The topological polar surface area (TPSA) is 29.0 Å². The Morgan fingerprint density at radius 2 is 1.76 bits per heavy atom. The summed E-state index contributed by atoms with van der Waals surface area (Å²) in [5, 5.41) is 0. The van der Waals surface area contributed by atoms with Gasteiger partial charge in [-0.15, -0.1) is 0 Å². The molecular weight excluding hydrogens is 210 g/mol. The van der Waals surface area contributed by atoms with Crippen molar-refractivity contribution in [2.45, 2.75) is 52.4 Å². The number of aromatic nitrogens is 2. The van der Waals surface area contributed by atoms with E-state index >= 15 is 0 Å². The van der Waals surface area contributed by atoms with Crippen molar-refractivity contribution in [3.63, 3.8) is 0 Å². The molecule has 0 spiro atoms. The Balaban J connectivity index is 0.000000514. The smallest absolute Gasteiger partial charge is 0.135 e. The lowest BCUT2D eigenvalue weighted by molar-refractivity contribution is 0.884. The molecule has 1 aliphatic heterocycles. The fourth-order valence-electron chi connectivity index (χ4n) is 2.47. The van der Waals surface area contributed by atoms with Crippen LogP contribution in [0.5, 0.6) is 0 Å². The lowest BCUT2D eigenvalue weighted by Gasteiger charge is -2.19. The zero-order valence-corrected chi connectivity index (χ0v) is 11.2. The molecule has 3 heteroatoms. The van der Waals surface area contributed by atoms with Crippen LogP contribution in [0.25, 0.3) is 0 Å². The summed E-state index contributed by atoms with van der Waals surface area (Å²) in [5.74, 6) is 1.92. The average molecular weight is 233 g/mol. The highest BCUT2D eigenvalue weighted by atomic mass is 15.2. The second-order valence-corrected chi connectivity index (χ2v) is 4.68. The van der Waals surface area contributed by atoms with E-state index in [9.17, 15) is 0 Å². The van der Waals surface area contributed by atoms with Gasteiger partial charge in [0.25, 0.3) is 0 Å². The molecule has 1 aromatic rings. The van der Waals surface area contributed by atoms with Crippen molar-refractivity contribution >= 4 is 5.82 Å². The average Bonchev–Trinajstić information content (AvgIpc) is 3.07. The fourth-order valence-corrected chi connectivity index (χ4v) is 2.47. The maximum Gasteiger partial charge on any atom is 0.135 e. The molecule has 1 saturated carbocycles. The quantitative estimate of drug-likeness (QED) is 0.785. The van der Waals surface area contributed by atoms with Crippen LogP contribution in [0.1, 0.15) is 56.7 Å². The lowest BCUT2D eigenvalue weighted by atomic mass is 10.1. The van der Waals surface area contributed by atoms with Gasteiger partial charge >= 0.3 is 0 Å². The van der Waals surface area contributed by atoms with E-state index in [0.29, 0.717) is 0 Å². The van der Waals surface area contributed by atoms with Gasteiger partial charge in [-0.05, 0) is 32.6 Å². The number of nitrogens with zero attached hydrogens (tertiary/aromatic N) is 3. The van der Waals surface area contributed by atoms with Crippen molar-refractivity contribution in [1.29, 1.82) is 0 Å². The second-order valence-electron chi connectivity index (χ2n) is 4.68. The Bertz CT molecular complexity index is 366. The number of hydrogen-bond donors (Lipinski definition) is 0. The summed E-state index contributed by atoms with van der Waals surface area (Å²) in [6.45, 7) is 8.52. The minimum Gasteiger partial charge on any atom is -0.356 e. The highest BCUT2D eigenvalue weighted by molar-refractivity contribution is 5.49. The molecule has 0 radical (unpaired) electrons. The minimum absolute atomic E-state index is 0.731. The summed E-state index contributed by atoms with van der Waals surface area (Å²) in [4.78, 5) is 11.3. The zero-order valence-electron chi connectivity index (χ0n) is 11.2. The first-order chi connectivity index (χ1) is 8.36. The summed E-state index contributed by atoms with van der Waals surface area (Å²) in [6.07, 6.45) is 6.99. The summed E-state index contributed by atoms with van der Waals surface area (Å²) in [7, 11) is 0. The molecule has 17 heavy (non-hydrogen) atoms. The van der Waals surface area contributed by atoms with Gasteiger partial charge in [-0.3, -0.25) is 0 Å². The van der Waals surface area contributed by atoms with Crippen LogP contribution in [0.4, 0.5) is 5.82 Å². The summed E-state index contributed by atoms with van der Waals surface area (Å²) >= 11 is 0. The predicted octanol–water partition coefficient (Wildman–Crippen LogP) is 3.29. The van der Waals surface area contributed by atoms with Gasteiger partial charge in [0.1, 0.15) is 12.1 Å². The van der Waals surface area contributed by atoms with Gasteiger partial charge in [-0.1, -0.05) is 13.8 Å². The maximum atomic E-state index is 4.45. The third-order valence-electron chi connectivity index (χ3n) is 3.47. The predicted molar refractivity (Wildman–Crippen MR) is 71.5 cm³/mol. The van der Waals surface area contributed by atoms with E-state index in [2.05, 4.69) is 21.8 Å². The van der Waals surface area contributed by atoms with E-state index < -0.39 is 0 Å². The molecular formula is C14H23N3.